The van der Waals surface area contributed by atoms with Crippen molar-refractivity contribution >= 4 is 15.9 Å². The summed E-state index contributed by atoms with van der Waals surface area (Å²) in [7, 11) is 0. The topological polar surface area (TPSA) is 29.3 Å². The van der Waals surface area contributed by atoms with Crippen LogP contribution in [-0.4, -0.2) is 23.5 Å². The molecule has 1 atom stereocenters. The van der Waals surface area contributed by atoms with Gasteiger partial charge in [0.15, 0.2) is 0 Å². The molecule has 0 radical (unpaired) electrons. The van der Waals surface area contributed by atoms with E-state index in [1.165, 1.54) is 56.0 Å². The number of hydrogen-bond donors (Lipinski definition) is 1. The van der Waals surface area contributed by atoms with Gasteiger partial charge in [-0.3, -0.25) is 4.90 Å². The van der Waals surface area contributed by atoms with E-state index in [2.05, 4.69) is 46.0 Å². The van der Waals surface area contributed by atoms with Crippen molar-refractivity contribution in [1.82, 2.24) is 4.90 Å². The fourth-order valence-corrected chi connectivity index (χ4v) is 4.60. The highest BCUT2D eigenvalue weighted by Crippen LogP contribution is 2.40. The molecule has 1 saturated carbocycles. The van der Waals surface area contributed by atoms with Crippen LogP contribution in [0.5, 0.6) is 0 Å². The van der Waals surface area contributed by atoms with Crippen molar-refractivity contribution in [3.8, 4) is 0 Å². The first-order chi connectivity index (χ1) is 10.2. The van der Waals surface area contributed by atoms with E-state index in [1.54, 1.807) is 11.1 Å². The van der Waals surface area contributed by atoms with Crippen LogP contribution in [-0.2, 0) is 6.42 Å². The summed E-state index contributed by atoms with van der Waals surface area (Å²) in [5.74, 6) is 0. The lowest BCUT2D eigenvalue weighted by Gasteiger charge is -2.40. The Labute approximate surface area is 137 Å². The van der Waals surface area contributed by atoms with E-state index in [-0.39, 0.29) is 0 Å². The van der Waals surface area contributed by atoms with Gasteiger partial charge in [-0.25, -0.2) is 0 Å². The van der Waals surface area contributed by atoms with E-state index in [0.29, 0.717) is 12.1 Å². The van der Waals surface area contributed by atoms with E-state index < -0.39 is 0 Å². The monoisotopic (exact) mass is 350 g/mol. The zero-order chi connectivity index (χ0) is 14.8. The van der Waals surface area contributed by atoms with Crippen molar-refractivity contribution in [2.24, 2.45) is 5.73 Å². The molecule has 2 aliphatic carbocycles. The predicted octanol–water partition coefficient (Wildman–Crippen LogP) is 4.42. The molecule has 116 valence electrons. The average molecular weight is 351 g/mol. The summed E-state index contributed by atoms with van der Waals surface area (Å²) in [4.78, 5) is 2.80. The third-order valence-electron chi connectivity index (χ3n) is 5.24. The summed E-state index contributed by atoms with van der Waals surface area (Å²) >= 11 is 3.61. The molecule has 1 aromatic carbocycles. The molecule has 0 heterocycles. The first kappa shape index (κ1) is 15.5. The van der Waals surface area contributed by atoms with Crippen LogP contribution in [0.3, 0.4) is 0 Å². The molecule has 2 N–H and O–H groups in total. The van der Waals surface area contributed by atoms with Crippen LogP contribution in [0.25, 0.3) is 0 Å². The highest BCUT2D eigenvalue weighted by molar-refractivity contribution is 9.10. The third-order valence-corrected chi connectivity index (χ3v) is 5.74. The van der Waals surface area contributed by atoms with Crippen molar-refractivity contribution in [1.29, 1.82) is 0 Å². The number of nitrogens with zero attached hydrogens (tertiary/aromatic N) is 1. The van der Waals surface area contributed by atoms with Gasteiger partial charge in [0.1, 0.15) is 0 Å². The fraction of sp³-hybridized carbons (Fsp3) is 0.667. The summed E-state index contributed by atoms with van der Waals surface area (Å²) in [6.07, 6.45) is 8.72. The van der Waals surface area contributed by atoms with Gasteiger partial charge in [-0.05, 0) is 74.8 Å². The Morgan fingerprint density at radius 3 is 2.67 bits per heavy atom. The smallest absolute Gasteiger partial charge is 0.0356 e. The van der Waals surface area contributed by atoms with Gasteiger partial charge in [-0.15, -0.1) is 0 Å². The van der Waals surface area contributed by atoms with Gasteiger partial charge in [0.2, 0.25) is 0 Å². The highest BCUT2D eigenvalue weighted by Gasteiger charge is 2.33. The minimum Gasteiger partial charge on any atom is -0.328 e. The van der Waals surface area contributed by atoms with Gasteiger partial charge in [-0.1, -0.05) is 28.9 Å². The van der Waals surface area contributed by atoms with E-state index >= 15 is 0 Å². The highest BCUT2D eigenvalue weighted by atomic mass is 79.9. The number of rotatable bonds is 4. The number of fused-ring (bicyclic) bond motifs is 1. The molecular weight excluding hydrogens is 324 g/mol. The molecule has 0 spiro atoms. The van der Waals surface area contributed by atoms with E-state index in [9.17, 15) is 0 Å². The minimum atomic E-state index is 0.441. The standard InChI is InChI=1S/C18H27BrN2/c1-2-11-21(16-7-5-15(20)6-8-16)18-10-3-13-12-14(19)4-9-17(13)18/h4,9,12,15-16,18H,2-3,5-8,10-11,20H2,1H3. The van der Waals surface area contributed by atoms with Crippen LogP contribution in [0.2, 0.25) is 0 Å². The summed E-state index contributed by atoms with van der Waals surface area (Å²) in [6.45, 7) is 3.53. The van der Waals surface area contributed by atoms with Crippen LogP contribution in [0.4, 0.5) is 0 Å². The molecule has 2 nitrogen and oxygen atoms in total. The van der Waals surface area contributed by atoms with Gasteiger partial charge in [0.25, 0.3) is 0 Å². The van der Waals surface area contributed by atoms with Gasteiger partial charge in [0, 0.05) is 22.6 Å². The Bertz CT molecular complexity index is 480. The molecule has 3 heteroatoms. The molecule has 1 aromatic rings. The molecule has 0 aliphatic heterocycles. The molecule has 0 amide bonds. The van der Waals surface area contributed by atoms with Crippen LogP contribution in [0.15, 0.2) is 22.7 Å². The molecule has 1 unspecified atom stereocenters. The minimum absolute atomic E-state index is 0.441. The lowest BCUT2D eigenvalue weighted by atomic mass is 9.89. The van der Waals surface area contributed by atoms with Gasteiger partial charge >= 0.3 is 0 Å². The maximum Gasteiger partial charge on any atom is 0.0356 e. The van der Waals surface area contributed by atoms with E-state index in [0.717, 1.165) is 6.04 Å². The molecule has 0 aromatic heterocycles. The Hall–Kier alpha value is -0.380. The average Bonchev–Trinajstić information content (AvgIpc) is 2.88. The Morgan fingerprint density at radius 2 is 1.95 bits per heavy atom. The molecule has 3 rings (SSSR count). The molecule has 2 aliphatic rings. The predicted molar refractivity (Wildman–Crippen MR) is 92.4 cm³/mol. The van der Waals surface area contributed by atoms with Crippen molar-refractivity contribution in [2.75, 3.05) is 6.54 Å². The Balaban J connectivity index is 1.79. The molecule has 0 bridgehead atoms. The van der Waals surface area contributed by atoms with Crippen LogP contribution in [0, 0.1) is 0 Å². The van der Waals surface area contributed by atoms with Crippen molar-refractivity contribution in [3.05, 3.63) is 33.8 Å². The summed E-state index contributed by atoms with van der Waals surface area (Å²) in [5, 5.41) is 0. The maximum atomic E-state index is 6.09. The SMILES string of the molecule is CCCN(C1CCC(N)CC1)C1CCc2cc(Br)ccc21. The number of benzene rings is 1. The number of nitrogens with two attached hydrogens (primary N) is 1. The fourth-order valence-electron chi connectivity index (χ4n) is 4.19. The number of aryl methyl sites for hydroxylation is 1. The van der Waals surface area contributed by atoms with Crippen molar-refractivity contribution in [2.45, 2.75) is 70.0 Å². The molecule has 1 fully saturated rings. The van der Waals surface area contributed by atoms with E-state index in [4.69, 9.17) is 5.73 Å². The molecule has 21 heavy (non-hydrogen) atoms. The second kappa shape index (κ2) is 6.80. The van der Waals surface area contributed by atoms with Gasteiger partial charge in [-0.2, -0.15) is 0 Å². The van der Waals surface area contributed by atoms with Gasteiger partial charge in [0.05, 0.1) is 0 Å². The van der Waals surface area contributed by atoms with Crippen LogP contribution in [0.1, 0.15) is 62.6 Å². The quantitative estimate of drug-likeness (QED) is 0.870. The zero-order valence-electron chi connectivity index (χ0n) is 13.0. The Morgan fingerprint density at radius 1 is 1.19 bits per heavy atom. The summed E-state index contributed by atoms with van der Waals surface area (Å²) < 4.78 is 1.22. The normalized spacial score (nSPS) is 28.9. The third kappa shape index (κ3) is 3.35. The second-order valence-electron chi connectivity index (χ2n) is 6.70. The number of halogens is 1. The summed E-state index contributed by atoms with van der Waals surface area (Å²) in [5.41, 5.74) is 9.21. The van der Waals surface area contributed by atoms with Crippen molar-refractivity contribution < 1.29 is 0 Å². The lowest BCUT2D eigenvalue weighted by Crippen LogP contribution is -2.42. The first-order valence-electron chi connectivity index (χ1n) is 8.48. The maximum absolute atomic E-state index is 6.09. The second-order valence-corrected chi connectivity index (χ2v) is 7.62. The summed E-state index contributed by atoms with van der Waals surface area (Å²) in [6, 6.07) is 8.68. The Kier molecular flexibility index (Phi) is 5.03. The molecular formula is C18H27BrN2. The van der Waals surface area contributed by atoms with Crippen LogP contribution < -0.4 is 5.73 Å². The van der Waals surface area contributed by atoms with Crippen LogP contribution >= 0.6 is 15.9 Å². The van der Waals surface area contributed by atoms with E-state index in [1.807, 2.05) is 0 Å². The first-order valence-corrected chi connectivity index (χ1v) is 9.28. The molecule has 0 saturated heterocycles. The van der Waals surface area contributed by atoms with Gasteiger partial charge < -0.3 is 5.73 Å². The zero-order valence-corrected chi connectivity index (χ0v) is 14.6. The van der Waals surface area contributed by atoms with Crippen molar-refractivity contribution in [3.63, 3.8) is 0 Å². The lowest BCUT2D eigenvalue weighted by molar-refractivity contribution is 0.0991. The largest absolute Gasteiger partial charge is 0.328 e. The number of hydrogen-bond acceptors (Lipinski definition) is 2.